The van der Waals surface area contributed by atoms with Crippen LogP contribution in [-0.2, 0) is 0 Å². The Kier molecular flexibility index (Phi) is 5.05. The first-order valence-corrected chi connectivity index (χ1v) is 7.98. The van der Waals surface area contributed by atoms with Crippen molar-refractivity contribution in [2.75, 3.05) is 37.6 Å². The van der Waals surface area contributed by atoms with Gasteiger partial charge in [-0.1, -0.05) is 0 Å². The molecule has 1 heterocycles. The molecule has 1 saturated heterocycles. The van der Waals surface area contributed by atoms with Gasteiger partial charge in [0.1, 0.15) is 0 Å². The van der Waals surface area contributed by atoms with Crippen LogP contribution in [0.5, 0.6) is 0 Å². The van der Waals surface area contributed by atoms with Crippen LogP contribution in [0, 0.1) is 13.7 Å². The average Bonchev–Trinajstić information content (AvgIpc) is 2.38. The molecule has 1 fully saturated rings. The highest BCUT2D eigenvalue weighted by Crippen LogP contribution is 2.27. The minimum Gasteiger partial charge on any atom is -0.389 e. The van der Waals surface area contributed by atoms with E-state index in [1.54, 1.807) is 12.1 Å². The van der Waals surface area contributed by atoms with E-state index in [0.717, 1.165) is 35.4 Å². The quantitative estimate of drug-likeness (QED) is 0.472. The van der Waals surface area contributed by atoms with Gasteiger partial charge in [-0.2, -0.15) is 0 Å². The lowest BCUT2D eigenvalue weighted by atomic mass is 10.1. The molecule has 1 N–H and O–H groups in total. The van der Waals surface area contributed by atoms with E-state index in [1.807, 2.05) is 19.9 Å². The predicted octanol–water partition coefficient (Wildman–Crippen LogP) is 2.09. The molecule has 1 aromatic rings. The summed E-state index contributed by atoms with van der Waals surface area (Å²) in [4.78, 5) is 14.9. The standard InChI is InChI=1S/C14H20IN3O3/c1-14(2,19)10-16-5-7-17(8-6-16)13-4-3-11(18(20)21)9-12(13)15/h3-4,9,19H,5-8,10H2,1-2H3. The summed E-state index contributed by atoms with van der Waals surface area (Å²) in [6.45, 7) is 7.80. The van der Waals surface area contributed by atoms with Gasteiger partial charge in [-0.05, 0) is 42.5 Å². The minimum atomic E-state index is -0.677. The fourth-order valence-electron chi connectivity index (χ4n) is 2.56. The first-order chi connectivity index (χ1) is 9.76. The number of benzene rings is 1. The van der Waals surface area contributed by atoms with Gasteiger partial charge in [0.2, 0.25) is 0 Å². The number of nitro groups is 1. The molecule has 1 aliphatic rings. The van der Waals surface area contributed by atoms with E-state index in [1.165, 1.54) is 0 Å². The number of rotatable bonds is 4. The van der Waals surface area contributed by atoms with Crippen molar-refractivity contribution in [1.82, 2.24) is 4.90 Å². The second-order valence-corrected chi connectivity index (χ2v) is 7.13. The molecule has 0 aromatic heterocycles. The Morgan fingerprint density at radius 2 is 1.95 bits per heavy atom. The molecular weight excluding hydrogens is 385 g/mol. The number of aliphatic hydroxyl groups is 1. The zero-order valence-corrected chi connectivity index (χ0v) is 14.4. The van der Waals surface area contributed by atoms with E-state index in [0.29, 0.717) is 6.54 Å². The molecule has 0 atom stereocenters. The van der Waals surface area contributed by atoms with Crippen molar-refractivity contribution in [3.63, 3.8) is 0 Å². The largest absolute Gasteiger partial charge is 0.389 e. The first kappa shape index (κ1) is 16.4. The highest BCUT2D eigenvalue weighted by atomic mass is 127. The number of anilines is 1. The molecule has 0 unspecified atom stereocenters. The molecule has 0 spiro atoms. The molecule has 116 valence electrons. The highest BCUT2D eigenvalue weighted by Gasteiger charge is 2.24. The van der Waals surface area contributed by atoms with E-state index in [2.05, 4.69) is 32.4 Å². The summed E-state index contributed by atoms with van der Waals surface area (Å²) in [5.74, 6) is 0. The number of non-ortho nitro benzene ring substituents is 1. The minimum absolute atomic E-state index is 0.129. The van der Waals surface area contributed by atoms with Gasteiger partial charge in [0.05, 0.1) is 16.2 Å². The van der Waals surface area contributed by atoms with Gasteiger partial charge in [0, 0.05) is 48.4 Å². The number of halogens is 1. The van der Waals surface area contributed by atoms with Crippen LogP contribution >= 0.6 is 22.6 Å². The van der Waals surface area contributed by atoms with Crippen molar-refractivity contribution in [2.24, 2.45) is 0 Å². The maximum absolute atomic E-state index is 10.8. The summed E-state index contributed by atoms with van der Waals surface area (Å²) >= 11 is 2.15. The number of piperazine rings is 1. The Labute approximate surface area is 138 Å². The third-order valence-electron chi connectivity index (χ3n) is 3.47. The normalized spacial score (nSPS) is 17.0. The van der Waals surface area contributed by atoms with Gasteiger partial charge in [-0.25, -0.2) is 0 Å². The third-order valence-corrected chi connectivity index (χ3v) is 4.33. The van der Waals surface area contributed by atoms with Crippen molar-refractivity contribution in [3.8, 4) is 0 Å². The van der Waals surface area contributed by atoms with Gasteiger partial charge in [-0.15, -0.1) is 0 Å². The lowest BCUT2D eigenvalue weighted by Gasteiger charge is -2.38. The van der Waals surface area contributed by atoms with Crippen molar-refractivity contribution >= 4 is 34.0 Å². The molecule has 6 nitrogen and oxygen atoms in total. The zero-order valence-electron chi connectivity index (χ0n) is 12.3. The highest BCUT2D eigenvalue weighted by molar-refractivity contribution is 14.1. The fourth-order valence-corrected chi connectivity index (χ4v) is 3.40. The van der Waals surface area contributed by atoms with Crippen LogP contribution in [0.15, 0.2) is 18.2 Å². The van der Waals surface area contributed by atoms with Crippen LogP contribution in [0.2, 0.25) is 0 Å². The second-order valence-electron chi connectivity index (χ2n) is 5.97. The number of nitrogens with zero attached hydrogens (tertiary/aromatic N) is 3. The molecule has 0 amide bonds. The monoisotopic (exact) mass is 405 g/mol. The maximum atomic E-state index is 10.8. The summed E-state index contributed by atoms with van der Waals surface area (Å²) in [7, 11) is 0. The lowest BCUT2D eigenvalue weighted by molar-refractivity contribution is -0.384. The third kappa shape index (κ3) is 4.52. The lowest BCUT2D eigenvalue weighted by Crippen LogP contribution is -2.50. The maximum Gasteiger partial charge on any atom is 0.270 e. The van der Waals surface area contributed by atoms with Gasteiger partial charge >= 0.3 is 0 Å². The Morgan fingerprint density at radius 1 is 1.33 bits per heavy atom. The van der Waals surface area contributed by atoms with Crippen molar-refractivity contribution in [2.45, 2.75) is 19.4 Å². The molecule has 0 bridgehead atoms. The molecule has 1 aromatic carbocycles. The van der Waals surface area contributed by atoms with Gasteiger partial charge in [-0.3, -0.25) is 15.0 Å². The van der Waals surface area contributed by atoms with Gasteiger partial charge in [0.25, 0.3) is 5.69 Å². The van der Waals surface area contributed by atoms with Crippen molar-refractivity contribution in [1.29, 1.82) is 0 Å². The SMILES string of the molecule is CC(C)(O)CN1CCN(c2ccc([N+](=O)[O-])cc2I)CC1. The van der Waals surface area contributed by atoms with Crippen molar-refractivity contribution in [3.05, 3.63) is 31.9 Å². The number of nitro benzene ring substituents is 1. The van der Waals surface area contributed by atoms with Crippen molar-refractivity contribution < 1.29 is 10.0 Å². The van der Waals surface area contributed by atoms with E-state index < -0.39 is 5.60 Å². The molecule has 0 aliphatic carbocycles. The Morgan fingerprint density at radius 3 is 2.43 bits per heavy atom. The summed E-state index contributed by atoms with van der Waals surface area (Å²) in [5, 5.41) is 20.6. The number of β-amino-alcohol motifs (C(OH)–C–C–N with tert-alkyl or cyclic N) is 1. The smallest absolute Gasteiger partial charge is 0.270 e. The summed E-state index contributed by atoms with van der Waals surface area (Å²) < 4.78 is 0.901. The van der Waals surface area contributed by atoms with E-state index in [4.69, 9.17) is 0 Å². The van der Waals surface area contributed by atoms with E-state index in [9.17, 15) is 15.2 Å². The molecular formula is C14H20IN3O3. The van der Waals surface area contributed by atoms with Gasteiger partial charge in [0.15, 0.2) is 0 Å². The molecule has 0 radical (unpaired) electrons. The van der Waals surface area contributed by atoms with Crippen LogP contribution < -0.4 is 4.90 Å². The van der Waals surface area contributed by atoms with E-state index in [-0.39, 0.29) is 10.6 Å². The fraction of sp³-hybridized carbons (Fsp3) is 0.571. The average molecular weight is 405 g/mol. The topological polar surface area (TPSA) is 69.8 Å². The van der Waals surface area contributed by atoms with Crippen LogP contribution in [0.25, 0.3) is 0 Å². The zero-order chi connectivity index (χ0) is 15.6. The molecule has 7 heteroatoms. The predicted molar refractivity (Wildman–Crippen MR) is 90.8 cm³/mol. The summed E-state index contributed by atoms with van der Waals surface area (Å²) in [6, 6.07) is 4.99. The Balaban J connectivity index is 2.01. The van der Waals surface area contributed by atoms with Crippen LogP contribution in [-0.4, -0.2) is 53.3 Å². The second kappa shape index (κ2) is 6.45. The number of hydrogen-bond acceptors (Lipinski definition) is 5. The Bertz CT molecular complexity index is 523. The molecule has 2 rings (SSSR count). The number of hydrogen-bond donors (Lipinski definition) is 1. The van der Waals surface area contributed by atoms with Crippen LogP contribution in [0.3, 0.4) is 0 Å². The molecule has 21 heavy (non-hydrogen) atoms. The van der Waals surface area contributed by atoms with Crippen LogP contribution in [0.4, 0.5) is 11.4 Å². The van der Waals surface area contributed by atoms with Crippen LogP contribution in [0.1, 0.15) is 13.8 Å². The van der Waals surface area contributed by atoms with E-state index >= 15 is 0 Å². The van der Waals surface area contributed by atoms with Gasteiger partial charge < -0.3 is 10.0 Å². The Hall–Kier alpha value is -0.930. The molecule has 0 saturated carbocycles. The first-order valence-electron chi connectivity index (χ1n) is 6.90. The molecule has 1 aliphatic heterocycles. The summed E-state index contributed by atoms with van der Waals surface area (Å²) in [6.07, 6.45) is 0. The summed E-state index contributed by atoms with van der Waals surface area (Å²) in [5.41, 5.74) is 0.497.